The van der Waals surface area contributed by atoms with Crippen molar-refractivity contribution in [1.82, 2.24) is 4.98 Å². The van der Waals surface area contributed by atoms with Crippen LogP contribution in [0.25, 0.3) is 11.3 Å². The summed E-state index contributed by atoms with van der Waals surface area (Å²) in [5.41, 5.74) is 2.79. The maximum atomic E-state index is 11.0. The third-order valence-corrected chi connectivity index (χ3v) is 4.71. The van der Waals surface area contributed by atoms with Crippen molar-refractivity contribution in [1.29, 1.82) is 0 Å². The Morgan fingerprint density at radius 3 is 2.82 bits per heavy atom. The quantitative estimate of drug-likeness (QED) is 0.848. The van der Waals surface area contributed by atoms with Gasteiger partial charge in [-0.25, -0.2) is 4.98 Å². The molecular formula is C16H20N2O3S. The van der Waals surface area contributed by atoms with Crippen molar-refractivity contribution in [3.8, 4) is 17.0 Å². The molecule has 2 N–H and O–H groups in total. The summed E-state index contributed by atoms with van der Waals surface area (Å²) in [7, 11) is 3.43. The number of aryl methyl sites for hydroxylation is 1. The maximum Gasteiger partial charge on any atom is 0.303 e. The Hall–Kier alpha value is -2.08. The lowest BCUT2D eigenvalue weighted by Crippen LogP contribution is -2.03. The number of hydrogen-bond acceptors (Lipinski definition) is 5. The van der Waals surface area contributed by atoms with E-state index in [1.165, 1.54) is 11.3 Å². The molecule has 0 bridgehead atoms. The van der Waals surface area contributed by atoms with Crippen LogP contribution in [-0.2, 0) is 4.79 Å². The fourth-order valence-electron chi connectivity index (χ4n) is 2.33. The highest BCUT2D eigenvalue weighted by Crippen LogP contribution is 2.41. The summed E-state index contributed by atoms with van der Waals surface area (Å²) in [6.07, 6.45) is 0.0759. The monoisotopic (exact) mass is 320 g/mol. The van der Waals surface area contributed by atoms with Gasteiger partial charge in [0.1, 0.15) is 5.75 Å². The van der Waals surface area contributed by atoms with Gasteiger partial charge in [-0.3, -0.25) is 4.79 Å². The molecule has 0 aliphatic heterocycles. The third-order valence-electron chi connectivity index (χ3n) is 3.41. The zero-order valence-electron chi connectivity index (χ0n) is 13.1. The van der Waals surface area contributed by atoms with Crippen LogP contribution in [0.3, 0.4) is 0 Å². The minimum atomic E-state index is -0.811. The number of carbonyl (C=O) groups is 1. The smallest absolute Gasteiger partial charge is 0.303 e. The predicted octanol–water partition coefficient (Wildman–Crippen LogP) is 3.75. The van der Waals surface area contributed by atoms with E-state index >= 15 is 0 Å². The molecule has 0 aliphatic rings. The first-order valence-electron chi connectivity index (χ1n) is 7.01. The Balaban J connectivity index is 2.57. The number of aromatic nitrogens is 1. The molecule has 2 aromatic rings. The molecule has 1 atom stereocenters. The van der Waals surface area contributed by atoms with Crippen molar-refractivity contribution in [2.75, 3.05) is 19.5 Å². The number of rotatable bonds is 6. The Morgan fingerprint density at radius 2 is 2.23 bits per heavy atom. The van der Waals surface area contributed by atoms with Gasteiger partial charge in [0.05, 0.1) is 19.2 Å². The van der Waals surface area contributed by atoms with Crippen molar-refractivity contribution in [2.45, 2.75) is 26.2 Å². The average molecular weight is 320 g/mol. The van der Waals surface area contributed by atoms with Crippen molar-refractivity contribution >= 4 is 22.4 Å². The number of anilines is 1. The fourth-order valence-corrected chi connectivity index (χ4v) is 3.31. The minimum Gasteiger partial charge on any atom is -0.496 e. The second kappa shape index (κ2) is 6.79. The first kappa shape index (κ1) is 16.3. The van der Waals surface area contributed by atoms with Gasteiger partial charge in [0, 0.05) is 23.4 Å². The van der Waals surface area contributed by atoms with Crippen LogP contribution in [0.5, 0.6) is 5.75 Å². The molecule has 5 nitrogen and oxygen atoms in total. The molecule has 0 spiro atoms. The molecule has 1 unspecified atom stereocenters. The lowest BCUT2D eigenvalue weighted by atomic mass is 9.99. The Labute approximate surface area is 134 Å². The van der Waals surface area contributed by atoms with Crippen LogP contribution in [0.1, 0.15) is 29.7 Å². The number of benzene rings is 1. The number of ether oxygens (including phenoxy) is 1. The Kier molecular flexibility index (Phi) is 5.03. The van der Waals surface area contributed by atoms with Crippen LogP contribution in [-0.4, -0.2) is 30.2 Å². The van der Waals surface area contributed by atoms with Gasteiger partial charge in [0.2, 0.25) is 0 Å². The summed E-state index contributed by atoms with van der Waals surface area (Å²) in [6, 6.07) is 5.91. The molecule has 0 amide bonds. The summed E-state index contributed by atoms with van der Waals surface area (Å²) in [4.78, 5) is 16.6. The van der Waals surface area contributed by atoms with E-state index in [1.807, 2.05) is 39.1 Å². The van der Waals surface area contributed by atoms with E-state index < -0.39 is 5.97 Å². The molecule has 6 heteroatoms. The predicted molar refractivity (Wildman–Crippen MR) is 89.1 cm³/mol. The number of aliphatic carboxylic acids is 1. The van der Waals surface area contributed by atoms with Crippen LogP contribution in [0.2, 0.25) is 0 Å². The molecule has 22 heavy (non-hydrogen) atoms. The van der Waals surface area contributed by atoms with E-state index in [0.29, 0.717) is 0 Å². The van der Waals surface area contributed by atoms with E-state index in [2.05, 4.69) is 10.3 Å². The lowest BCUT2D eigenvalue weighted by Gasteiger charge is -2.12. The summed E-state index contributed by atoms with van der Waals surface area (Å²) >= 11 is 1.49. The SMILES string of the molecule is CNc1nc(-c2cc(C)ccc2OC)c(C(C)CC(=O)O)s1. The number of carboxylic acid groups (broad SMARTS) is 1. The highest BCUT2D eigenvalue weighted by Gasteiger charge is 2.22. The molecular weight excluding hydrogens is 300 g/mol. The standard InChI is InChI=1S/C16H20N2O3S/c1-9-5-6-12(21-4)11(7-9)14-15(10(2)8-13(19)20)22-16(17-3)18-14/h5-7,10H,8H2,1-4H3,(H,17,18)(H,19,20). The summed E-state index contributed by atoms with van der Waals surface area (Å²) < 4.78 is 5.44. The Bertz CT molecular complexity index is 682. The van der Waals surface area contributed by atoms with Crippen LogP contribution < -0.4 is 10.1 Å². The highest BCUT2D eigenvalue weighted by molar-refractivity contribution is 7.16. The lowest BCUT2D eigenvalue weighted by molar-refractivity contribution is -0.137. The summed E-state index contributed by atoms with van der Waals surface area (Å²) in [5.74, 6) is -0.186. The summed E-state index contributed by atoms with van der Waals surface area (Å²) in [6.45, 7) is 3.92. The van der Waals surface area contributed by atoms with Gasteiger partial charge < -0.3 is 15.2 Å². The highest BCUT2D eigenvalue weighted by atomic mass is 32.1. The normalized spacial score (nSPS) is 12.0. The van der Waals surface area contributed by atoms with Crippen molar-refractivity contribution < 1.29 is 14.6 Å². The number of methoxy groups -OCH3 is 1. The van der Waals surface area contributed by atoms with Crippen LogP contribution in [0, 0.1) is 6.92 Å². The van der Waals surface area contributed by atoms with Gasteiger partial charge in [-0.2, -0.15) is 0 Å². The first-order chi connectivity index (χ1) is 10.5. The topological polar surface area (TPSA) is 71.5 Å². The molecule has 1 heterocycles. The largest absolute Gasteiger partial charge is 0.496 e. The van der Waals surface area contributed by atoms with Gasteiger partial charge >= 0.3 is 5.97 Å². The maximum absolute atomic E-state index is 11.0. The fraction of sp³-hybridized carbons (Fsp3) is 0.375. The second-order valence-electron chi connectivity index (χ2n) is 5.18. The van der Waals surface area contributed by atoms with Crippen LogP contribution in [0.4, 0.5) is 5.13 Å². The number of carboxylic acids is 1. The molecule has 1 aromatic heterocycles. The molecule has 2 rings (SSSR count). The Morgan fingerprint density at radius 1 is 1.50 bits per heavy atom. The van der Waals surface area contributed by atoms with Crippen molar-refractivity contribution in [2.24, 2.45) is 0 Å². The minimum absolute atomic E-state index is 0.0759. The van der Waals surface area contributed by atoms with Gasteiger partial charge in [-0.1, -0.05) is 18.6 Å². The summed E-state index contributed by atoms with van der Waals surface area (Å²) in [5, 5.41) is 12.9. The van der Waals surface area contributed by atoms with Crippen molar-refractivity contribution in [3.63, 3.8) is 0 Å². The van der Waals surface area contributed by atoms with Crippen molar-refractivity contribution in [3.05, 3.63) is 28.6 Å². The van der Waals surface area contributed by atoms with Gasteiger partial charge in [-0.15, -0.1) is 11.3 Å². The van der Waals surface area contributed by atoms with Gasteiger partial charge in [-0.05, 0) is 19.1 Å². The van der Waals surface area contributed by atoms with Gasteiger partial charge in [0.15, 0.2) is 5.13 Å². The van der Waals surface area contributed by atoms with Crippen LogP contribution >= 0.6 is 11.3 Å². The molecule has 0 saturated heterocycles. The zero-order chi connectivity index (χ0) is 16.3. The first-order valence-corrected chi connectivity index (χ1v) is 7.83. The average Bonchev–Trinajstić information content (AvgIpc) is 2.90. The van der Waals surface area contributed by atoms with E-state index in [-0.39, 0.29) is 12.3 Å². The molecule has 0 radical (unpaired) electrons. The van der Waals surface area contributed by atoms with E-state index in [9.17, 15) is 4.79 Å². The number of nitrogens with zero attached hydrogens (tertiary/aromatic N) is 1. The number of nitrogens with one attached hydrogen (secondary N) is 1. The van der Waals surface area contributed by atoms with E-state index in [4.69, 9.17) is 9.84 Å². The molecule has 1 aromatic carbocycles. The van der Waals surface area contributed by atoms with Gasteiger partial charge in [0.25, 0.3) is 0 Å². The number of thiazole rings is 1. The molecule has 0 fully saturated rings. The molecule has 118 valence electrons. The van der Waals surface area contributed by atoms with E-state index in [1.54, 1.807) is 7.11 Å². The zero-order valence-corrected chi connectivity index (χ0v) is 14.0. The van der Waals surface area contributed by atoms with Crippen LogP contribution in [0.15, 0.2) is 18.2 Å². The van der Waals surface area contributed by atoms with E-state index in [0.717, 1.165) is 32.6 Å². The number of hydrogen-bond donors (Lipinski definition) is 2. The molecule has 0 saturated carbocycles. The molecule has 0 aliphatic carbocycles. The second-order valence-corrected chi connectivity index (χ2v) is 6.22. The third kappa shape index (κ3) is 3.39.